The Hall–Kier alpha value is -2.07. The fourth-order valence-electron chi connectivity index (χ4n) is 2.71. The number of hydrogen-bond acceptors (Lipinski definition) is 4. The largest absolute Gasteiger partial charge is 0.325 e. The molecule has 0 radical (unpaired) electrons. The van der Waals surface area contributed by atoms with E-state index in [9.17, 15) is 17.6 Å². The number of likely N-dealkylation sites (N-methyl/N-ethyl adjacent to an activating group) is 1. The lowest BCUT2D eigenvalue weighted by Crippen LogP contribution is -2.55. The number of carbonyl (C=O) groups is 1. The van der Waals surface area contributed by atoms with E-state index in [2.05, 4.69) is 15.0 Å². The molecule has 1 amide bonds. The molecule has 2 atom stereocenters. The summed E-state index contributed by atoms with van der Waals surface area (Å²) in [7, 11) is -2.53. The van der Waals surface area contributed by atoms with E-state index in [-0.39, 0.29) is 24.6 Å². The van der Waals surface area contributed by atoms with Crippen molar-refractivity contribution in [2.24, 2.45) is 0 Å². The smallest absolute Gasteiger partial charge is 0.280 e. The van der Waals surface area contributed by atoms with Gasteiger partial charge in [-0.15, -0.1) is 0 Å². The maximum absolute atomic E-state index is 13.2. The SMILES string of the molecule is C.CN1C(C(=O)Nc2ccc(F)c(Cl)c2)CC(c2cccnc2)NS1(=O)=O. The first-order chi connectivity index (χ1) is 12.3. The van der Waals surface area contributed by atoms with Gasteiger partial charge in [0.15, 0.2) is 0 Å². The highest BCUT2D eigenvalue weighted by atomic mass is 35.5. The third-order valence-corrected chi connectivity index (χ3v) is 6.03. The summed E-state index contributed by atoms with van der Waals surface area (Å²) in [5, 5.41) is 2.44. The molecular weight excluding hydrogens is 395 g/mol. The van der Waals surface area contributed by atoms with Crippen LogP contribution in [0.25, 0.3) is 0 Å². The number of hydrogen-bond donors (Lipinski definition) is 2. The summed E-state index contributed by atoms with van der Waals surface area (Å²) in [5.74, 6) is -1.14. The van der Waals surface area contributed by atoms with E-state index in [0.29, 0.717) is 5.56 Å². The number of anilines is 1. The van der Waals surface area contributed by atoms with Crippen molar-refractivity contribution < 1.29 is 17.6 Å². The first kappa shape index (κ1) is 21.2. The Balaban J connectivity index is 0.00000261. The highest BCUT2D eigenvalue weighted by Crippen LogP contribution is 2.28. The van der Waals surface area contributed by atoms with Gasteiger partial charge in [0, 0.05) is 25.1 Å². The highest BCUT2D eigenvalue weighted by molar-refractivity contribution is 7.87. The van der Waals surface area contributed by atoms with E-state index in [4.69, 9.17) is 11.6 Å². The molecule has 0 bridgehead atoms. The van der Waals surface area contributed by atoms with Gasteiger partial charge in [0.05, 0.1) is 11.1 Å². The number of rotatable bonds is 3. The summed E-state index contributed by atoms with van der Waals surface area (Å²) < 4.78 is 41.5. The van der Waals surface area contributed by atoms with Crippen molar-refractivity contribution >= 4 is 33.4 Å². The molecule has 1 aliphatic rings. The molecule has 7 nitrogen and oxygen atoms in total. The molecule has 2 unspecified atom stereocenters. The first-order valence-corrected chi connectivity index (χ1v) is 9.51. The normalized spacial score (nSPS) is 21.9. The van der Waals surface area contributed by atoms with Crippen LogP contribution in [-0.2, 0) is 15.0 Å². The second kappa shape index (κ2) is 8.30. The average molecular weight is 415 g/mol. The summed E-state index contributed by atoms with van der Waals surface area (Å²) in [5.41, 5.74) is 0.940. The molecule has 10 heteroatoms. The molecular formula is C17H20ClFN4O3S. The number of amides is 1. The Morgan fingerprint density at radius 2 is 2.15 bits per heavy atom. The molecule has 0 spiro atoms. The molecule has 0 saturated carbocycles. The molecule has 1 aliphatic heterocycles. The van der Waals surface area contributed by atoms with Crippen LogP contribution in [0.15, 0.2) is 42.7 Å². The molecule has 1 saturated heterocycles. The topological polar surface area (TPSA) is 91.4 Å². The van der Waals surface area contributed by atoms with Crippen molar-refractivity contribution in [3.8, 4) is 0 Å². The molecule has 1 fully saturated rings. The highest BCUT2D eigenvalue weighted by Gasteiger charge is 2.40. The summed E-state index contributed by atoms with van der Waals surface area (Å²) in [6, 6.07) is 5.64. The van der Waals surface area contributed by atoms with Crippen LogP contribution >= 0.6 is 11.6 Å². The second-order valence-electron chi connectivity index (χ2n) is 5.85. The molecule has 2 aromatic rings. The van der Waals surface area contributed by atoms with Gasteiger partial charge in [-0.1, -0.05) is 25.1 Å². The van der Waals surface area contributed by atoms with Crippen LogP contribution in [0.4, 0.5) is 10.1 Å². The molecule has 3 rings (SSSR count). The molecule has 0 aliphatic carbocycles. The van der Waals surface area contributed by atoms with Crippen molar-refractivity contribution in [1.29, 1.82) is 0 Å². The van der Waals surface area contributed by atoms with Crippen LogP contribution in [0, 0.1) is 5.82 Å². The van der Waals surface area contributed by atoms with Crippen LogP contribution < -0.4 is 10.0 Å². The molecule has 2 N–H and O–H groups in total. The minimum atomic E-state index is -3.85. The standard InChI is InChI=1S/C16H16ClFN4O3S.CH4/c1-22-15(16(23)20-11-4-5-13(18)12(17)7-11)8-14(21-26(22,24)25)10-3-2-6-19-9-10;/h2-7,9,14-15,21H,8H2,1H3,(H,20,23);1H4. The molecule has 146 valence electrons. The van der Waals surface area contributed by atoms with Crippen molar-refractivity contribution in [2.75, 3.05) is 12.4 Å². The Bertz CT molecular complexity index is 927. The van der Waals surface area contributed by atoms with Gasteiger partial charge in [-0.2, -0.15) is 17.4 Å². The second-order valence-corrected chi connectivity index (χ2v) is 8.02. The lowest BCUT2D eigenvalue weighted by molar-refractivity contribution is -0.120. The molecule has 2 heterocycles. The van der Waals surface area contributed by atoms with E-state index in [1.54, 1.807) is 24.5 Å². The summed E-state index contributed by atoms with van der Waals surface area (Å²) in [4.78, 5) is 16.6. The third kappa shape index (κ3) is 4.62. The van der Waals surface area contributed by atoms with Gasteiger partial charge >= 0.3 is 0 Å². The zero-order valence-corrected chi connectivity index (χ0v) is 15.3. The van der Waals surface area contributed by atoms with Gasteiger partial charge in [0.2, 0.25) is 5.91 Å². The Kier molecular flexibility index (Phi) is 6.53. The van der Waals surface area contributed by atoms with Crippen LogP contribution in [0.1, 0.15) is 25.5 Å². The monoisotopic (exact) mass is 414 g/mol. The van der Waals surface area contributed by atoms with Gasteiger partial charge in [-0.3, -0.25) is 9.78 Å². The fourth-order valence-corrected chi connectivity index (χ4v) is 4.16. The fraction of sp³-hybridized carbons (Fsp3) is 0.294. The Morgan fingerprint density at radius 3 is 2.78 bits per heavy atom. The van der Waals surface area contributed by atoms with E-state index < -0.39 is 34.0 Å². The average Bonchev–Trinajstić information content (AvgIpc) is 2.61. The van der Waals surface area contributed by atoms with Gasteiger partial charge in [-0.25, -0.2) is 4.39 Å². The van der Waals surface area contributed by atoms with Crippen LogP contribution in [0.3, 0.4) is 0 Å². The van der Waals surface area contributed by atoms with E-state index in [1.807, 2.05) is 0 Å². The minimum absolute atomic E-state index is 0. The van der Waals surface area contributed by atoms with Crippen molar-refractivity contribution in [1.82, 2.24) is 14.0 Å². The molecule has 1 aromatic heterocycles. The maximum atomic E-state index is 13.2. The van der Waals surface area contributed by atoms with Crippen LogP contribution in [0.2, 0.25) is 5.02 Å². The van der Waals surface area contributed by atoms with Crippen molar-refractivity contribution in [2.45, 2.75) is 25.9 Å². The maximum Gasteiger partial charge on any atom is 0.280 e. The number of halogens is 2. The predicted molar refractivity (Wildman–Crippen MR) is 102 cm³/mol. The molecule has 1 aromatic carbocycles. The first-order valence-electron chi connectivity index (χ1n) is 7.69. The minimum Gasteiger partial charge on any atom is -0.325 e. The zero-order chi connectivity index (χ0) is 18.9. The molecule has 27 heavy (non-hydrogen) atoms. The van der Waals surface area contributed by atoms with E-state index in [0.717, 1.165) is 10.4 Å². The number of pyridine rings is 1. The van der Waals surface area contributed by atoms with Crippen molar-refractivity contribution in [3.05, 3.63) is 59.1 Å². The third-order valence-electron chi connectivity index (χ3n) is 4.14. The van der Waals surface area contributed by atoms with Gasteiger partial charge in [-0.05, 0) is 36.2 Å². The number of aromatic nitrogens is 1. The van der Waals surface area contributed by atoms with E-state index in [1.165, 1.54) is 19.2 Å². The zero-order valence-electron chi connectivity index (χ0n) is 13.7. The predicted octanol–water partition coefficient (Wildman–Crippen LogP) is 2.73. The number of nitrogens with zero attached hydrogens (tertiary/aromatic N) is 2. The number of benzene rings is 1. The van der Waals surface area contributed by atoms with Crippen LogP contribution in [-0.4, -0.2) is 36.7 Å². The van der Waals surface area contributed by atoms with Gasteiger partial charge in [0.25, 0.3) is 10.2 Å². The van der Waals surface area contributed by atoms with E-state index >= 15 is 0 Å². The Morgan fingerprint density at radius 1 is 1.41 bits per heavy atom. The summed E-state index contributed by atoms with van der Waals surface area (Å²) >= 11 is 5.71. The summed E-state index contributed by atoms with van der Waals surface area (Å²) in [6.07, 6.45) is 3.34. The number of carbonyl (C=O) groups excluding carboxylic acids is 1. The van der Waals surface area contributed by atoms with Crippen molar-refractivity contribution in [3.63, 3.8) is 0 Å². The Labute approximate surface area is 162 Å². The quantitative estimate of drug-likeness (QED) is 0.807. The lowest BCUT2D eigenvalue weighted by Gasteiger charge is -2.36. The van der Waals surface area contributed by atoms with Crippen LogP contribution in [0.5, 0.6) is 0 Å². The summed E-state index contributed by atoms with van der Waals surface area (Å²) in [6.45, 7) is 0. The van der Waals surface area contributed by atoms with Gasteiger partial charge in [0.1, 0.15) is 11.9 Å². The van der Waals surface area contributed by atoms with Gasteiger partial charge < -0.3 is 5.32 Å². The lowest BCUT2D eigenvalue weighted by atomic mass is 10.0. The number of nitrogens with one attached hydrogen (secondary N) is 2.